The van der Waals surface area contributed by atoms with Gasteiger partial charge in [0.15, 0.2) is 5.82 Å². The molecule has 10 heteroatoms. The molecule has 0 bridgehead atoms. The van der Waals surface area contributed by atoms with Crippen LogP contribution in [-0.4, -0.2) is 63.9 Å². The fraction of sp³-hybridized carbons (Fsp3) is 0.393. The monoisotopic (exact) mass is 522 g/mol. The predicted molar refractivity (Wildman–Crippen MR) is 143 cm³/mol. The highest BCUT2D eigenvalue weighted by molar-refractivity contribution is 5.91. The Morgan fingerprint density at radius 2 is 2.00 bits per heavy atom. The van der Waals surface area contributed by atoms with Crippen molar-refractivity contribution in [2.45, 2.75) is 44.6 Å². The van der Waals surface area contributed by atoms with Crippen LogP contribution in [0.25, 0.3) is 11.3 Å². The summed E-state index contributed by atoms with van der Waals surface area (Å²) in [7, 11) is 0. The Kier molecular flexibility index (Phi) is 7.27. The quantitative estimate of drug-likeness (QED) is 0.394. The number of aliphatic imine (C=N–C) groups is 2. The van der Waals surface area contributed by atoms with E-state index in [1.165, 1.54) is 16.3 Å². The van der Waals surface area contributed by atoms with E-state index in [9.17, 15) is 13.9 Å². The Labute approximate surface area is 220 Å². The lowest BCUT2D eigenvalue weighted by Gasteiger charge is -2.42. The molecule has 0 aliphatic carbocycles. The molecule has 0 atom stereocenters. The van der Waals surface area contributed by atoms with Gasteiger partial charge in [-0.05, 0) is 75.5 Å². The van der Waals surface area contributed by atoms with E-state index in [1.54, 1.807) is 6.20 Å². The number of benzene rings is 2. The van der Waals surface area contributed by atoms with E-state index in [0.717, 1.165) is 67.0 Å². The fourth-order valence-corrected chi connectivity index (χ4v) is 5.11. The second kappa shape index (κ2) is 10.6. The number of piperidine rings is 1. The molecule has 38 heavy (non-hydrogen) atoms. The maximum Gasteiger partial charge on any atom is 0.252 e. The van der Waals surface area contributed by atoms with Crippen molar-refractivity contribution in [2.24, 2.45) is 15.7 Å². The van der Waals surface area contributed by atoms with E-state index in [0.29, 0.717) is 18.9 Å². The number of aliphatic hydroxyl groups is 1. The molecule has 3 N–H and O–H groups in total. The molecule has 3 aromatic rings. The number of fused-ring (bicyclic) bond motifs is 3. The van der Waals surface area contributed by atoms with Crippen molar-refractivity contribution in [1.82, 2.24) is 14.7 Å². The van der Waals surface area contributed by atoms with Crippen molar-refractivity contribution >= 4 is 18.0 Å². The minimum absolute atomic E-state index is 0.0589. The van der Waals surface area contributed by atoms with E-state index < -0.39 is 11.6 Å². The van der Waals surface area contributed by atoms with Crippen LogP contribution < -0.4 is 10.5 Å². The first-order chi connectivity index (χ1) is 18.3. The number of aliphatic hydroxyl groups excluding tert-OH is 1. The van der Waals surface area contributed by atoms with Gasteiger partial charge in [0.25, 0.3) is 5.96 Å². The minimum Gasteiger partial charge on any atom is -0.493 e. The number of hydrogen-bond acceptors (Lipinski definition) is 5. The van der Waals surface area contributed by atoms with Crippen LogP contribution in [-0.2, 0) is 6.42 Å². The molecule has 2 aromatic carbocycles. The second-order valence-corrected chi connectivity index (χ2v) is 10.3. The van der Waals surface area contributed by atoms with Gasteiger partial charge in [0, 0.05) is 35.3 Å². The van der Waals surface area contributed by atoms with Crippen molar-refractivity contribution in [3.05, 3.63) is 65.4 Å². The van der Waals surface area contributed by atoms with Crippen LogP contribution in [0.5, 0.6) is 5.75 Å². The van der Waals surface area contributed by atoms with Crippen LogP contribution in [0, 0.1) is 11.6 Å². The molecular weight excluding hydrogens is 490 g/mol. The summed E-state index contributed by atoms with van der Waals surface area (Å²) < 4.78 is 35.1. The highest BCUT2D eigenvalue weighted by Crippen LogP contribution is 2.39. The Hall–Kier alpha value is -3.63. The normalized spacial score (nSPS) is 17.2. The Balaban J connectivity index is 1.47. The average Bonchev–Trinajstić information content (AvgIpc) is 3.26. The number of nitrogens with two attached hydrogens (primary N) is 1. The third kappa shape index (κ3) is 5.19. The first-order valence-electron chi connectivity index (χ1n) is 12.8. The molecule has 0 radical (unpaired) electrons. The summed E-state index contributed by atoms with van der Waals surface area (Å²) in [6.45, 7) is 6.60. The predicted octanol–water partition coefficient (Wildman–Crippen LogP) is 4.24. The molecule has 200 valence electrons. The van der Waals surface area contributed by atoms with Crippen LogP contribution in [0.2, 0.25) is 0 Å². The van der Waals surface area contributed by atoms with Gasteiger partial charge in [-0.15, -0.1) is 0 Å². The summed E-state index contributed by atoms with van der Waals surface area (Å²) in [5.41, 5.74) is 9.05. The molecule has 2 aliphatic rings. The van der Waals surface area contributed by atoms with E-state index in [4.69, 9.17) is 15.6 Å². The van der Waals surface area contributed by atoms with Crippen molar-refractivity contribution in [3.8, 4) is 17.0 Å². The van der Waals surface area contributed by atoms with E-state index in [1.807, 2.05) is 6.07 Å². The first-order valence-corrected chi connectivity index (χ1v) is 12.8. The lowest BCUT2D eigenvalue weighted by Crippen LogP contribution is -2.50. The molecule has 3 heterocycles. The molecule has 5 rings (SSSR count). The summed E-state index contributed by atoms with van der Waals surface area (Å²) in [6, 6.07) is 9.43. The molecule has 0 unspecified atom stereocenters. The highest BCUT2D eigenvalue weighted by Gasteiger charge is 2.31. The third-order valence-corrected chi connectivity index (χ3v) is 7.41. The Morgan fingerprint density at radius 3 is 2.71 bits per heavy atom. The molecule has 0 spiro atoms. The average molecular weight is 523 g/mol. The van der Waals surface area contributed by atoms with Gasteiger partial charge < -0.3 is 15.6 Å². The van der Waals surface area contributed by atoms with Gasteiger partial charge in [0.05, 0.1) is 25.2 Å². The van der Waals surface area contributed by atoms with Gasteiger partial charge in [-0.1, -0.05) is 6.07 Å². The summed E-state index contributed by atoms with van der Waals surface area (Å²) in [4.78, 5) is 10.7. The minimum atomic E-state index is -0.805. The Morgan fingerprint density at radius 1 is 1.21 bits per heavy atom. The van der Waals surface area contributed by atoms with Crippen molar-refractivity contribution in [3.63, 3.8) is 0 Å². The summed E-state index contributed by atoms with van der Waals surface area (Å²) in [6.07, 6.45) is 5.47. The molecule has 2 aliphatic heterocycles. The van der Waals surface area contributed by atoms with Crippen molar-refractivity contribution < 1.29 is 18.6 Å². The van der Waals surface area contributed by atoms with Crippen LogP contribution in [0.4, 0.5) is 14.5 Å². The molecule has 0 amide bonds. The van der Waals surface area contributed by atoms with Crippen LogP contribution >= 0.6 is 0 Å². The standard InChI is InChI=1S/C28H32F2N6O2/c1-28(2,16-37)35-10-7-18(8-11-35)19-3-6-25-22(13-19)26-20(9-12-38-25)15-36(34-26)27(32-17-31)33-24-5-4-21(29)14-23(24)30/h3-6,13-15,17-18,37H,7-12,16H2,1-2H3,(H2,31,32,33). The van der Waals surface area contributed by atoms with Crippen LogP contribution in [0.15, 0.2) is 52.6 Å². The van der Waals surface area contributed by atoms with Gasteiger partial charge >= 0.3 is 0 Å². The number of ether oxygens (including phenoxy) is 1. The van der Waals surface area contributed by atoms with Gasteiger partial charge in [-0.25, -0.2) is 23.4 Å². The lowest BCUT2D eigenvalue weighted by molar-refractivity contribution is 0.0379. The molecule has 8 nitrogen and oxygen atoms in total. The maximum atomic E-state index is 14.3. The number of nitrogens with zero attached hydrogens (tertiary/aromatic N) is 5. The number of hydrogen-bond donors (Lipinski definition) is 2. The van der Waals surface area contributed by atoms with E-state index in [-0.39, 0.29) is 23.8 Å². The van der Waals surface area contributed by atoms with Gasteiger partial charge in [-0.3, -0.25) is 4.90 Å². The lowest BCUT2D eigenvalue weighted by atomic mass is 9.86. The molecule has 1 saturated heterocycles. The van der Waals surface area contributed by atoms with Crippen molar-refractivity contribution in [2.75, 3.05) is 26.3 Å². The molecular formula is C28H32F2N6O2. The van der Waals surface area contributed by atoms with Gasteiger partial charge in [0.2, 0.25) is 0 Å². The van der Waals surface area contributed by atoms with E-state index in [2.05, 4.69) is 40.9 Å². The fourth-order valence-electron chi connectivity index (χ4n) is 5.11. The number of aromatic nitrogens is 2. The summed E-state index contributed by atoms with van der Waals surface area (Å²) in [5.74, 6) is -0.294. The Bertz CT molecular complexity index is 1380. The molecule has 0 saturated carbocycles. The summed E-state index contributed by atoms with van der Waals surface area (Å²) >= 11 is 0. The van der Waals surface area contributed by atoms with Crippen LogP contribution in [0.1, 0.15) is 43.7 Å². The van der Waals surface area contributed by atoms with Gasteiger partial charge in [-0.2, -0.15) is 5.10 Å². The largest absolute Gasteiger partial charge is 0.493 e. The third-order valence-electron chi connectivity index (χ3n) is 7.41. The highest BCUT2D eigenvalue weighted by atomic mass is 19.1. The maximum absolute atomic E-state index is 14.3. The summed E-state index contributed by atoms with van der Waals surface area (Å²) in [5, 5.41) is 14.5. The smallest absolute Gasteiger partial charge is 0.252 e. The second-order valence-electron chi connectivity index (χ2n) is 10.3. The van der Waals surface area contributed by atoms with Gasteiger partial charge in [0.1, 0.15) is 17.3 Å². The van der Waals surface area contributed by atoms with E-state index >= 15 is 0 Å². The van der Waals surface area contributed by atoms with Crippen molar-refractivity contribution in [1.29, 1.82) is 0 Å². The zero-order chi connectivity index (χ0) is 26.9. The van der Waals surface area contributed by atoms with Crippen LogP contribution in [0.3, 0.4) is 0 Å². The number of likely N-dealkylation sites (tertiary alicyclic amines) is 1. The first kappa shape index (κ1) is 26.0. The zero-order valence-corrected chi connectivity index (χ0v) is 21.6. The number of rotatable bonds is 4. The molecule has 1 aromatic heterocycles. The SMILES string of the molecule is CC(C)(CO)N1CCC(c2ccc3c(c2)-c2nn(C(N=CN)=Nc4ccc(F)cc4F)cc2CCO3)CC1. The number of halogens is 2. The molecule has 1 fully saturated rings. The zero-order valence-electron chi connectivity index (χ0n) is 21.6. The topological polar surface area (TPSA) is 101 Å².